The van der Waals surface area contributed by atoms with Gasteiger partial charge in [-0.3, -0.25) is 25.7 Å². The maximum atomic E-state index is 11.3. The number of nitrogens with zero attached hydrogens (tertiary/aromatic N) is 2. The van der Waals surface area contributed by atoms with Crippen molar-refractivity contribution < 1.29 is 9.72 Å². The van der Waals surface area contributed by atoms with E-state index in [1.54, 1.807) is 12.1 Å². The standard InChI is InChI=1S/C11H15N5O3/c12-14-9-2-1-8(5-10(9)16(18)19)6-15-4-3-13-11(17)7-15/h1-2,5,14H,3-4,6-7,12H2,(H,13,17). The highest BCUT2D eigenvalue weighted by Crippen LogP contribution is 2.25. The number of benzene rings is 1. The summed E-state index contributed by atoms with van der Waals surface area (Å²) in [4.78, 5) is 23.6. The van der Waals surface area contributed by atoms with Crippen molar-refractivity contribution in [2.75, 3.05) is 25.1 Å². The van der Waals surface area contributed by atoms with Crippen LogP contribution in [-0.4, -0.2) is 35.4 Å². The molecule has 0 bridgehead atoms. The first-order valence-corrected chi connectivity index (χ1v) is 5.83. The highest BCUT2D eigenvalue weighted by atomic mass is 16.6. The fraction of sp³-hybridized carbons (Fsp3) is 0.364. The summed E-state index contributed by atoms with van der Waals surface area (Å²) in [6.45, 7) is 2.14. The summed E-state index contributed by atoms with van der Waals surface area (Å²) in [5, 5.41) is 13.6. The fourth-order valence-corrected chi connectivity index (χ4v) is 2.03. The molecule has 1 aliphatic rings. The number of anilines is 1. The maximum absolute atomic E-state index is 11.3. The summed E-state index contributed by atoms with van der Waals surface area (Å²) in [6, 6.07) is 4.80. The van der Waals surface area contributed by atoms with Gasteiger partial charge in [-0.1, -0.05) is 6.07 Å². The van der Waals surface area contributed by atoms with Crippen LogP contribution < -0.4 is 16.6 Å². The molecule has 102 valence electrons. The Hall–Kier alpha value is -2.19. The molecule has 1 aromatic carbocycles. The number of hydrogen-bond acceptors (Lipinski definition) is 6. The van der Waals surface area contributed by atoms with Gasteiger partial charge < -0.3 is 10.7 Å². The Labute approximate surface area is 109 Å². The van der Waals surface area contributed by atoms with Crippen LogP contribution in [0, 0.1) is 10.1 Å². The summed E-state index contributed by atoms with van der Waals surface area (Å²) in [5.41, 5.74) is 3.27. The Morgan fingerprint density at radius 1 is 1.53 bits per heavy atom. The Bertz CT molecular complexity index is 505. The number of nitro benzene ring substituents is 1. The molecule has 1 heterocycles. The van der Waals surface area contributed by atoms with Crippen molar-refractivity contribution in [3.63, 3.8) is 0 Å². The van der Waals surface area contributed by atoms with Crippen molar-refractivity contribution in [2.45, 2.75) is 6.54 Å². The molecular formula is C11H15N5O3. The smallest absolute Gasteiger partial charge is 0.293 e. The molecule has 0 atom stereocenters. The van der Waals surface area contributed by atoms with Crippen molar-refractivity contribution in [1.82, 2.24) is 10.2 Å². The predicted molar refractivity (Wildman–Crippen MR) is 69.2 cm³/mol. The first-order valence-electron chi connectivity index (χ1n) is 5.83. The Kier molecular flexibility index (Phi) is 3.93. The van der Waals surface area contributed by atoms with Crippen LogP contribution in [0.2, 0.25) is 0 Å². The van der Waals surface area contributed by atoms with E-state index in [2.05, 4.69) is 10.7 Å². The van der Waals surface area contributed by atoms with Crippen LogP contribution in [0.1, 0.15) is 5.56 Å². The van der Waals surface area contributed by atoms with E-state index in [0.29, 0.717) is 19.6 Å². The van der Waals surface area contributed by atoms with E-state index in [-0.39, 0.29) is 17.3 Å². The number of hydrazine groups is 1. The second-order valence-electron chi connectivity index (χ2n) is 4.31. The minimum absolute atomic E-state index is 0.0269. The van der Waals surface area contributed by atoms with Crippen molar-refractivity contribution in [1.29, 1.82) is 0 Å². The number of nitrogen functional groups attached to an aromatic ring is 1. The zero-order chi connectivity index (χ0) is 13.8. The van der Waals surface area contributed by atoms with Gasteiger partial charge in [0.15, 0.2) is 0 Å². The topological polar surface area (TPSA) is 114 Å². The number of nitrogens with two attached hydrogens (primary N) is 1. The lowest BCUT2D eigenvalue weighted by atomic mass is 10.1. The number of nitro groups is 1. The minimum Gasteiger partial charge on any atom is -0.354 e. The second kappa shape index (κ2) is 5.63. The van der Waals surface area contributed by atoms with Gasteiger partial charge in [-0.15, -0.1) is 0 Å². The van der Waals surface area contributed by atoms with Crippen molar-refractivity contribution in [2.24, 2.45) is 5.84 Å². The molecule has 0 aromatic heterocycles. The van der Waals surface area contributed by atoms with Gasteiger partial charge in [0, 0.05) is 25.7 Å². The predicted octanol–water partition coefficient (Wildman–Crippen LogP) is -0.188. The number of nitrogens with one attached hydrogen (secondary N) is 2. The molecule has 0 aliphatic carbocycles. The van der Waals surface area contributed by atoms with E-state index in [1.165, 1.54) is 6.07 Å². The van der Waals surface area contributed by atoms with Gasteiger partial charge in [0.1, 0.15) is 5.69 Å². The maximum Gasteiger partial charge on any atom is 0.293 e. The summed E-state index contributed by atoms with van der Waals surface area (Å²) < 4.78 is 0. The molecule has 19 heavy (non-hydrogen) atoms. The number of carbonyl (C=O) groups excluding carboxylic acids is 1. The molecule has 1 aromatic rings. The zero-order valence-electron chi connectivity index (χ0n) is 10.3. The summed E-state index contributed by atoms with van der Waals surface area (Å²) in [5.74, 6) is 5.20. The van der Waals surface area contributed by atoms with E-state index in [0.717, 1.165) is 12.1 Å². The first-order chi connectivity index (χ1) is 9.10. The van der Waals surface area contributed by atoms with Gasteiger partial charge in [-0.2, -0.15) is 0 Å². The summed E-state index contributed by atoms with van der Waals surface area (Å²) in [6.07, 6.45) is 0. The number of piperazine rings is 1. The second-order valence-corrected chi connectivity index (χ2v) is 4.31. The van der Waals surface area contributed by atoms with Gasteiger partial charge in [-0.05, 0) is 11.6 Å². The van der Waals surface area contributed by atoms with Crippen LogP contribution >= 0.6 is 0 Å². The molecule has 8 heteroatoms. The number of carbonyl (C=O) groups is 1. The third-order valence-electron chi connectivity index (χ3n) is 2.94. The lowest BCUT2D eigenvalue weighted by molar-refractivity contribution is -0.384. The van der Waals surface area contributed by atoms with E-state index < -0.39 is 4.92 Å². The van der Waals surface area contributed by atoms with Gasteiger partial charge >= 0.3 is 0 Å². The third-order valence-corrected chi connectivity index (χ3v) is 2.94. The zero-order valence-corrected chi connectivity index (χ0v) is 10.3. The molecule has 1 fully saturated rings. The Morgan fingerprint density at radius 3 is 2.95 bits per heavy atom. The largest absolute Gasteiger partial charge is 0.354 e. The van der Waals surface area contributed by atoms with Gasteiger partial charge in [0.25, 0.3) is 5.69 Å². The van der Waals surface area contributed by atoms with E-state index in [4.69, 9.17) is 5.84 Å². The highest BCUT2D eigenvalue weighted by Gasteiger charge is 2.18. The molecule has 0 unspecified atom stereocenters. The van der Waals surface area contributed by atoms with Crippen LogP contribution in [0.5, 0.6) is 0 Å². The van der Waals surface area contributed by atoms with Crippen molar-refractivity contribution in [3.05, 3.63) is 33.9 Å². The summed E-state index contributed by atoms with van der Waals surface area (Å²) >= 11 is 0. The first kappa shape index (κ1) is 13.2. The molecule has 1 amide bonds. The number of hydrogen-bond donors (Lipinski definition) is 3. The lowest BCUT2D eigenvalue weighted by Crippen LogP contribution is -2.47. The van der Waals surface area contributed by atoms with E-state index in [9.17, 15) is 14.9 Å². The van der Waals surface area contributed by atoms with Crippen LogP contribution in [0.15, 0.2) is 18.2 Å². The quantitative estimate of drug-likeness (QED) is 0.395. The van der Waals surface area contributed by atoms with Crippen LogP contribution in [0.3, 0.4) is 0 Å². The third kappa shape index (κ3) is 3.18. The Balaban J connectivity index is 2.14. The molecule has 1 aliphatic heterocycles. The van der Waals surface area contributed by atoms with Gasteiger partial charge in [0.2, 0.25) is 5.91 Å². The molecule has 1 saturated heterocycles. The lowest BCUT2D eigenvalue weighted by Gasteiger charge is -2.26. The molecule has 4 N–H and O–H groups in total. The molecular weight excluding hydrogens is 250 g/mol. The van der Waals surface area contributed by atoms with E-state index in [1.807, 2.05) is 4.90 Å². The van der Waals surface area contributed by atoms with Crippen molar-refractivity contribution >= 4 is 17.3 Å². The number of amides is 1. The molecule has 0 saturated carbocycles. The van der Waals surface area contributed by atoms with Crippen LogP contribution in [0.4, 0.5) is 11.4 Å². The van der Waals surface area contributed by atoms with E-state index >= 15 is 0 Å². The molecule has 0 spiro atoms. The normalized spacial score (nSPS) is 15.9. The molecule has 0 radical (unpaired) electrons. The molecule has 2 rings (SSSR count). The minimum atomic E-state index is -0.485. The van der Waals surface area contributed by atoms with Crippen LogP contribution in [-0.2, 0) is 11.3 Å². The molecule has 8 nitrogen and oxygen atoms in total. The van der Waals surface area contributed by atoms with Crippen LogP contribution in [0.25, 0.3) is 0 Å². The monoisotopic (exact) mass is 265 g/mol. The SMILES string of the molecule is NNc1ccc(CN2CCNC(=O)C2)cc1[N+](=O)[O-]. The highest BCUT2D eigenvalue weighted by molar-refractivity contribution is 5.78. The summed E-state index contributed by atoms with van der Waals surface area (Å²) in [7, 11) is 0. The fourth-order valence-electron chi connectivity index (χ4n) is 2.03. The van der Waals surface area contributed by atoms with Gasteiger partial charge in [0.05, 0.1) is 11.5 Å². The average molecular weight is 265 g/mol. The van der Waals surface area contributed by atoms with Gasteiger partial charge in [-0.25, -0.2) is 0 Å². The Morgan fingerprint density at radius 2 is 2.32 bits per heavy atom. The average Bonchev–Trinajstić information content (AvgIpc) is 2.38. The van der Waals surface area contributed by atoms with Crippen molar-refractivity contribution in [3.8, 4) is 0 Å². The number of rotatable bonds is 4.